The highest BCUT2D eigenvalue weighted by Crippen LogP contribution is 2.17. The summed E-state index contributed by atoms with van der Waals surface area (Å²) < 4.78 is 5.15. The molecule has 18 heavy (non-hydrogen) atoms. The molecule has 0 saturated heterocycles. The van der Waals surface area contributed by atoms with E-state index in [1.807, 2.05) is 17.6 Å². The molecule has 2 rings (SSSR count). The Morgan fingerprint density at radius 1 is 1.33 bits per heavy atom. The highest BCUT2D eigenvalue weighted by molar-refractivity contribution is 7.07. The fraction of sp³-hybridized carbons (Fsp3) is 0.357. The van der Waals surface area contributed by atoms with Crippen molar-refractivity contribution in [2.75, 3.05) is 13.7 Å². The topological polar surface area (TPSA) is 34.1 Å². The van der Waals surface area contributed by atoms with Crippen molar-refractivity contribution in [2.24, 2.45) is 0 Å². The predicted molar refractivity (Wildman–Crippen MR) is 75.2 cm³/mol. The van der Waals surface area contributed by atoms with Crippen LogP contribution in [0.4, 0.5) is 0 Å². The Bertz CT molecular complexity index is 453. The molecule has 1 aromatic carbocycles. The standard InChI is InChI=1S/C14H18N2OS/c1-11(12-3-5-14(17-2)6-4-12)15-8-7-13-9-18-10-16-13/h3-6,9-11,15H,7-8H2,1-2H3. The van der Waals surface area contributed by atoms with E-state index in [1.54, 1.807) is 18.4 Å². The molecule has 0 aliphatic rings. The molecule has 0 spiro atoms. The van der Waals surface area contributed by atoms with Gasteiger partial charge in [-0.25, -0.2) is 4.98 Å². The number of methoxy groups -OCH3 is 1. The third-order valence-corrected chi connectivity index (χ3v) is 3.57. The van der Waals surface area contributed by atoms with Gasteiger partial charge in [-0.3, -0.25) is 0 Å². The van der Waals surface area contributed by atoms with Gasteiger partial charge < -0.3 is 10.1 Å². The number of benzene rings is 1. The SMILES string of the molecule is COc1ccc(C(C)NCCc2cscn2)cc1. The summed E-state index contributed by atoms with van der Waals surface area (Å²) in [5, 5.41) is 5.60. The van der Waals surface area contributed by atoms with Gasteiger partial charge in [0.1, 0.15) is 5.75 Å². The minimum atomic E-state index is 0.342. The van der Waals surface area contributed by atoms with Crippen LogP contribution in [-0.4, -0.2) is 18.6 Å². The van der Waals surface area contributed by atoms with Gasteiger partial charge in [-0.05, 0) is 24.6 Å². The lowest BCUT2D eigenvalue weighted by atomic mass is 10.1. The Morgan fingerprint density at radius 3 is 2.72 bits per heavy atom. The first-order valence-corrected chi connectivity index (χ1v) is 6.98. The van der Waals surface area contributed by atoms with E-state index in [0.29, 0.717) is 6.04 Å². The van der Waals surface area contributed by atoms with Gasteiger partial charge in [0.15, 0.2) is 0 Å². The second-order valence-electron chi connectivity index (χ2n) is 4.18. The van der Waals surface area contributed by atoms with E-state index in [9.17, 15) is 0 Å². The zero-order valence-electron chi connectivity index (χ0n) is 10.7. The van der Waals surface area contributed by atoms with Crippen LogP contribution in [-0.2, 0) is 6.42 Å². The third kappa shape index (κ3) is 3.55. The zero-order chi connectivity index (χ0) is 12.8. The number of nitrogens with zero attached hydrogens (tertiary/aromatic N) is 1. The first-order chi connectivity index (χ1) is 8.79. The predicted octanol–water partition coefficient (Wildman–Crippen LogP) is 3.05. The maximum absolute atomic E-state index is 5.15. The highest BCUT2D eigenvalue weighted by Gasteiger charge is 2.04. The van der Waals surface area contributed by atoms with Gasteiger partial charge in [-0.15, -0.1) is 11.3 Å². The average Bonchev–Trinajstić information content (AvgIpc) is 2.92. The minimum absolute atomic E-state index is 0.342. The van der Waals surface area contributed by atoms with Gasteiger partial charge in [-0.1, -0.05) is 12.1 Å². The van der Waals surface area contributed by atoms with Crippen LogP contribution in [0.2, 0.25) is 0 Å². The monoisotopic (exact) mass is 262 g/mol. The maximum atomic E-state index is 5.15. The molecular weight excluding hydrogens is 244 g/mol. The van der Waals surface area contributed by atoms with E-state index in [1.165, 1.54) is 5.56 Å². The number of hydrogen-bond acceptors (Lipinski definition) is 4. The molecule has 0 saturated carbocycles. The molecule has 0 aliphatic carbocycles. The van der Waals surface area contributed by atoms with Gasteiger partial charge in [0.05, 0.1) is 18.3 Å². The van der Waals surface area contributed by atoms with Gasteiger partial charge in [-0.2, -0.15) is 0 Å². The summed E-state index contributed by atoms with van der Waals surface area (Å²) >= 11 is 1.65. The molecule has 1 unspecified atom stereocenters. The highest BCUT2D eigenvalue weighted by atomic mass is 32.1. The van der Waals surface area contributed by atoms with E-state index >= 15 is 0 Å². The van der Waals surface area contributed by atoms with Crippen LogP contribution >= 0.6 is 11.3 Å². The molecular formula is C14H18N2OS. The Labute approximate surface area is 112 Å². The Hall–Kier alpha value is -1.39. The maximum Gasteiger partial charge on any atom is 0.118 e. The van der Waals surface area contributed by atoms with Gasteiger partial charge >= 0.3 is 0 Å². The van der Waals surface area contributed by atoms with E-state index in [4.69, 9.17) is 4.74 Å². The summed E-state index contributed by atoms with van der Waals surface area (Å²) in [7, 11) is 1.69. The normalized spacial score (nSPS) is 12.3. The molecule has 96 valence electrons. The molecule has 1 N–H and O–H groups in total. The summed E-state index contributed by atoms with van der Waals surface area (Å²) in [6, 6.07) is 8.52. The summed E-state index contributed by atoms with van der Waals surface area (Å²) in [5.74, 6) is 0.897. The van der Waals surface area contributed by atoms with Crippen molar-refractivity contribution in [2.45, 2.75) is 19.4 Å². The smallest absolute Gasteiger partial charge is 0.118 e. The van der Waals surface area contributed by atoms with Gasteiger partial charge in [0.2, 0.25) is 0 Å². The van der Waals surface area contributed by atoms with Crippen LogP contribution in [0, 0.1) is 0 Å². The van der Waals surface area contributed by atoms with Gasteiger partial charge in [0, 0.05) is 24.4 Å². The number of rotatable bonds is 6. The van der Waals surface area contributed by atoms with Crippen molar-refractivity contribution in [3.8, 4) is 5.75 Å². The number of ether oxygens (including phenoxy) is 1. The number of hydrogen-bond donors (Lipinski definition) is 1. The second-order valence-corrected chi connectivity index (χ2v) is 4.90. The summed E-state index contributed by atoms with van der Waals surface area (Å²) in [5.41, 5.74) is 4.31. The van der Waals surface area contributed by atoms with Gasteiger partial charge in [0.25, 0.3) is 0 Å². The van der Waals surface area contributed by atoms with E-state index in [0.717, 1.165) is 24.4 Å². The molecule has 1 aromatic heterocycles. The van der Waals surface area contributed by atoms with Crippen molar-refractivity contribution >= 4 is 11.3 Å². The summed E-state index contributed by atoms with van der Waals surface area (Å²) in [4.78, 5) is 4.27. The van der Waals surface area contributed by atoms with Crippen LogP contribution in [0.25, 0.3) is 0 Å². The van der Waals surface area contributed by atoms with Crippen LogP contribution in [0.3, 0.4) is 0 Å². The third-order valence-electron chi connectivity index (χ3n) is 2.93. The molecule has 3 nitrogen and oxygen atoms in total. The first kappa shape index (κ1) is 13.1. The zero-order valence-corrected chi connectivity index (χ0v) is 11.5. The lowest BCUT2D eigenvalue weighted by Crippen LogP contribution is -2.21. The lowest BCUT2D eigenvalue weighted by Gasteiger charge is -2.14. The molecule has 0 aliphatic heterocycles. The number of nitrogens with one attached hydrogen (secondary N) is 1. The molecule has 0 bridgehead atoms. The Balaban J connectivity index is 1.81. The molecule has 4 heteroatoms. The van der Waals surface area contributed by atoms with E-state index in [-0.39, 0.29) is 0 Å². The number of aromatic nitrogens is 1. The lowest BCUT2D eigenvalue weighted by molar-refractivity contribution is 0.414. The second kappa shape index (κ2) is 6.52. The van der Waals surface area contributed by atoms with E-state index < -0.39 is 0 Å². The summed E-state index contributed by atoms with van der Waals surface area (Å²) in [6.45, 7) is 3.11. The summed E-state index contributed by atoms with van der Waals surface area (Å²) in [6.07, 6.45) is 0.976. The van der Waals surface area contributed by atoms with Crippen LogP contribution < -0.4 is 10.1 Å². The van der Waals surface area contributed by atoms with Crippen molar-refractivity contribution in [1.29, 1.82) is 0 Å². The van der Waals surface area contributed by atoms with Crippen molar-refractivity contribution in [3.63, 3.8) is 0 Å². The quantitative estimate of drug-likeness (QED) is 0.869. The Kier molecular flexibility index (Phi) is 4.73. The fourth-order valence-corrected chi connectivity index (χ4v) is 2.38. The first-order valence-electron chi connectivity index (χ1n) is 6.04. The molecule has 1 atom stereocenters. The van der Waals surface area contributed by atoms with Crippen LogP contribution in [0.1, 0.15) is 24.2 Å². The fourth-order valence-electron chi connectivity index (χ4n) is 1.79. The van der Waals surface area contributed by atoms with Crippen molar-refractivity contribution < 1.29 is 4.74 Å². The largest absolute Gasteiger partial charge is 0.497 e. The average molecular weight is 262 g/mol. The van der Waals surface area contributed by atoms with E-state index in [2.05, 4.69) is 34.7 Å². The molecule has 0 fully saturated rings. The Morgan fingerprint density at radius 2 is 2.11 bits per heavy atom. The number of thiazole rings is 1. The van der Waals surface area contributed by atoms with Crippen molar-refractivity contribution in [1.82, 2.24) is 10.3 Å². The van der Waals surface area contributed by atoms with Crippen LogP contribution in [0.5, 0.6) is 5.75 Å². The minimum Gasteiger partial charge on any atom is -0.497 e. The molecule has 0 amide bonds. The molecule has 2 aromatic rings. The van der Waals surface area contributed by atoms with Crippen LogP contribution in [0.15, 0.2) is 35.2 Å². The molecule has 0 radical (unpaired) electrons. The van der Waals surface area contributed by atoms with Crippen molar-refractivity contribution in [3.05, 3.63) is 46.4 Å². The molecule has 1 heterocycles.